The maximum Gasteiger partial charge on any atom is 0.132 e. The molecule has 0 fully saturated rings. The molecule has 2 atom stereocenters. The van der Waals surface area contributed by atoms with Crippen LogP contribution in [0.15, 0.2) is 21.7 Å². The van der Waals surface area contributed by atoms with Gasteiger partial charge in [0.25, 0.3) is 0 Å². The van der Waals surface area contributed by atoms with Gasteiger partial charge in [-0.05, 0) is 30.5 Å². The van der Waals surface area contributed by atoms with Crippen molar-refractivity contribution in [2.24, 2.45) is 0 Å². The van der Waals surface area contributed by atoms with Crippen LogP contribution in [0.1, 0.15) is 19.8 Å². The van der Waals surface area contributed by atoms with Crippen molar-refractivity contribution in [1.82, 2.24) is 0 Å². The molecule has 1 aromatic heterocycles. The molecular formula is C12H18O2S2. The van der Waals surface area contributed by atoms with Crippen molar-refractivity contribution in [3.05, 3.63) is 17.5 Å². The number of carbonyl (C=O) groups is 1. The molecule has 0 saturated carbocycles. The van der Waals surface area contributed by atoms with Gasteiger partial charge in [-0.2, -0.15) is 10.5 Å². The van der Waals surface area contributed by atoms with Crippen molar-refractivity contribution >= 4 is 33.5 Å². The Labute approximate surface area is 104 Å². The zero-order chi connectivity index (χ0) is 12.0. The van der Waals surface area contributed by atoms with Crippen molar-refractivity contribution in [2.45, 2.75) is 30.1 Å². The molecule has 16 heavy (non-hydrogen) atoms. The number of Topliss-reactive ketones (excluding diaryl/α,β-unsaturated/α-hetero) is 1. The van der Waals surface area contributed by atoms with Crippen LogP contribution in [0.5, 0.6) is 0 Å². The molecule has 0 aliphatic heterocycles. The molecular weight excluding hydrogens is 240 g/mol. The summed E-state index contributed by atoms with van der Waals surface area (Å²) in [6, 6.07) is 4.17. The van der Waals surface area contributed by atoms with Gasteiger partial charge in [-0.3, -0.25) is 4.79 Å². The van der Waals surface area contributed by atoms with Crippen LogP contribution in [0.4, 0.5) is 0 Å². The maximum atomic E-state index is 11.0. The number of ketones is 1. The van der Waals surface area contributed by atoms with E-state index in [0.717, 1.165) is 12.2 Å². The van der Waals surface area contributed by atoms with Crippen LogP contribution in [0.3, 0.4) is 0 Å². The highest BCUT2D eigenvalue weighted by Gasteiger charge is 2.10. The number of rotatable bonds is 7. The van der Waals surface area contributed by atoms with Gasteiger partial charge < -0.3 is 4.74 Å². The second kappa shape index (κ2) is 6.99. The topological polar surface area (TPSA) is 26.3 Å². The van der Waals surface area contributed by atoms with Gasteiger partial charge >= 0.3 is 0 Å². The quantitative estimate of drug-likeness (QED) is 0.702. The second-order valence-electron chi connectivity index (χ2n) is 3.68. The summed E-state index contributed by atoms with van der Waals surface area (Å²) in [5.41, 5.74) is 0. The fraction of sp³-hybridized carbons (Fsp3) is 0.500. The predicted octanol–water partition coefficient (Wildman–Crippen LogP) is 3.19. The molecule has 90 valence electrons. The molecule has 1 heterocycles. The fourth-order valence-corrected chi connectivity index (χ4v) is 3.85. The molecule has 1 aromatic rings. The van der Waals surface area contributed by atoms with Gasteiger partial charge in [-0.15, -0.1) is 11.3 Å². The van der Waals surface area contributed by atoms with Crippen LogP contribution in [-0.4, -0.2) is 30.6 Å². The summed E-state index contributed by atoms with van der Waals surface area (Å²) >= 11 is 1.75. The third-order valence-electron chi connectivity index (χ3n) is 2.31. The van der Waals surface area contributed by atoms with Gasteiger partial charge in [0, 0.05) is 13.5 Å². The lowest BCUT2D eigenvalue weighted by molar-refractivity contribution is -0.119. The standard InChI is InChI=1S/C12H18O2S2/c1-10(13)9-11(14-2)6-8-16(3)12-5-4-7-15-12/h4-5,7,11H,3,6,8-9H2,1-2H3. The highest BCUT2D eigenvalue weighted by Crippen LogP contribution is 2.30. The highest BCUT2D eigenvalue weighted by atomic mass is 32.2. The van der Waals surface area contributed by atoms with E-state index in [4.69, 9.17) is 4.74 Å². The van der Waals surface area contributed by atoms with Gasteiger partial charge in [0.2, 0.25) is 0 Å². The highest BCUT2D eigenvalue weighted by molar-refractivity contribution is 8.15. The SMILES string of the molecule is C=S(CCC(CC(C)=O)OC)c1cccs1. The van der Waals surface area contributed by atoms with Crippen molar-refractivity contribution in [3.63, 3.8) is 0 Å². The summed E-state index contributed by atoms with van der Waals surface area (Å²) in [5, 5.41) is 2.07. The Balaban J connectivity index is 2.38. The number of carbonyl (C=O) groups excluding carboxylic acids is 1. The lowest BCUT2D eigenvalue weighted by atomic mass is 10.1. The normalized spacial score (nSPS) is 14.6. The summed E-state index contributed by atoms with van der Waals surface area (Å²) in [6.07, 6.45) is 1.47. The van der Waals surface area contributed by atoms with Crippen molar-refractivity contribution in [3.8, 4) is 0 Å². The summed E-state index contributed by atoms with van der Waals surface area (Å²) in [4.78, 5) is 11.0. The Kier molecular flexibility index (Phi) is 5.95. The summed E-state index contributed by atoms with van der Waals surface area (Å²) < 4.78 is 6.62. The first-order valence-corrected chi connectivity index (χ1v) is 7.64. The molecule has 1 rings (SSSR count). The van der Waals surface area contributed by atoms with Crippen LogP contribution < -0.4 is 0 Å². The molecule has 0 aliphatic carbocycles. The van der Waals surface area contributed by atoms with E-state index in [9.17, 15) is 4.79 Å². The van der Waals surface area contributed by atoms with E-state index in [0.29, 0.717) is 6.42 Å². The van der Waals surface area contributed by atoms with Crippen LogP contribution >= 0.6 is 21.8 Å². The van der Waals surface area contributed by atoms with E-state index in [1.807, 2.05) is 0 Å². The Morgan fingerprint density at radius 1 is 1.69 bits per heavy atom. The monoisotopic (exact) mass is 258 g/mol. The minimum Gasteiger partial charge on any atom is -0.381 e. The number of thiophene rings is 1. The van der Waals surface area contributed by atoms with E-state index in [1.165, 1.54) is 4.21 Å². The minimum atomic E-state index is 0.0379. The van der Waals surface area contributed by atoms with Crippen LogP contribution in [0, 0.1) is 0 Å². The molecule has 2 unspecified atom stereocenters. The van der Waals surface area contributed by atoms with Crippen molar-refractivity contribution in [1.29, 1.82) is 0 Å². The van der Waals surface area contributed by atoms with Crippen molar-refractivity contribution < 1.29 is 9.53 Å². The molecule has 0 amide bonds. The first-order valence-electron chi connectivity index (χ1n) is 5.19. The average Bonchev–Trinajstić information content (AvgIpc) is 2.76. The van der Waals surface area contributed by atoms with Crippen LogP contribution in [0.25, 0.3) is 0 Å². The molecule has 0 saturated heterocycles. The third-order valence-corrected chi connectivity index (χ3v) is 5.41. The smallest absolute Gasteiger partial charge is 0.132 e. The fourth-order valence-electron chi connectivity index (χ4n) is 1.43. The molecule has 0 N–H and O–H groups in total. The summed E-state index contributed by atoms with van der Waals surface area (Å²) in [7, 11) is 1.70. The van der Waals surface area contributed by atoms with E-state index < -0.39 is 0 Å². The number of ether oxygens (including phenoxy) is 1. The Bertz CT molecular complexity index is 344. The maximum absolute atomic E-state index is 11.0. The Morgan fingerprint density at radius 2 is 2.44 bits per heavy atom. The third kappa shape index (κ3) is 4.60. The average molecular weight is 258 g/mol. The van der Waals surface area contributed by atoms with E-state index in [-0.39, 0.29) is 22.4 Å². The molecule has 0 bridgehead atoms. The molecule has 0 aliphatic rings. The van der Waals surface area contributed by atoms with Gasteiger partial charge in [-0.25, -0.2) is 0 Å². The molecule has 0 spiro atoms. The molecule has 2 nitrogen and oxygen atoms in total. The Hall–Kier alpha value is -0.450. The van der Waals surface area contributed by atoms with E-state index in [1.54, 1.807) is 25.4 Å². The predicted molar refractivity (Wildman–Crippen MR) is 72.9 cm³/mol. The summed E-state index contributed by atoms with van der Waals surface area (Å²) in [5.74, 6) is 5.34. The van der Waals surface area contributed by atoms with Gasteiger partial charge in [-0.1, -0.05) is 11.9 Å². The van der Waals surface area contributed by atoms with E-state index in [2.05, 4.69) is 23.4 Å². The first-order chi connectivity index (χ1) is 7.63. The van der Waals surface area contributed by atoms with Gasteiger partial charge in [0.05, 0.1) is 10.3 Å². The first kappa shape index (κ1) is 13.6. The second-order valence-corrected chi connectivity index (χ2v) is 6.72. The largest absolute Gasteiger partial charge is 0.381 e. The lowest BCUT2D eigenvalue weighted by Crippen LogP contribution is -2.15. The lowest BCUT2D eigenvalue weighted by Gasteiger charge is -2.14. The zero-order valence-electron chi connectivity index (χ0n) is 9.77. The number of hydrogen-bond acceptors (Lipinski definition) is 3. The minimum absolute atomic E-state index is 0.0379. The molecule has 0 radical (unpaired) electrons. The number of hydrogen-bond donors (Lipinski definition) is 0. The Morgan fingerprint density at radius 3 is 2.94 bits per heavy atom. The van der Waals surface area contributed by atoms with Gasteiger partial charge in [0.15, 0.2) is 0 Å². The van der Waals surface area contributed by atoms with Crippen LogP contribution in [-0.2, 0) is 9.53 Å². The zero-order valence-corrected chi connectivity index (χ0v) is 11.4. The molecule has 4 heteroatoms. The van der Waals surface area contributed by atoms with Crippen molar-refractivity contribution in [2.75, 3.05) is 12.9 Å². The van der Waals surface area contributed by atoms with Crippen LogP contribution in [0.2, 0.25) is 0 Å². The van der Waals surface area contributed by atoms with Gasteiger partial charge in [0.1, 0.15) is 5.78 Å². The summed E-state index contributed by atoms with van der Waals surface area (Å²) in [6.45, 7) is 1.61. The number of methoxy groups -OCH3 is 1. The molecule has 0 aromatic carbocycles. The van der Waals surface area contributed by atoms with E-state index >= 15 is 0 Å².